The zero-order valence-corrected chi connectivity index (χ0v) is 18.0. The monoisotopic (exact) mass is 487 g/mol. The molecule has 0 unspecified atom stereocenters. The van der Waals surface area contributed by atoms with Gasteiger partial charge in [-0.2, -0.15) is 26.3 Å². The zero-order valence-electron chi connectivity index (χ0n) is 18.0. The van der Waals surface area contributed by atoms with Gasteiger partial charge in [0.25, 0.3) is 11.8 Å². The highest BCUT2D eigenvalue weighted by Gasteiger charge is 2.72. The molecule has 35 heavy (non-hydrogen) atoms. The number of rotatable bonds is 2. The first-order valence-corrected chi connectivity index (χ1v) is 10.2. The van der Waals surface area contributed by atoms with Gasteiger partial charge in [-0.05, 0) is 47.5 Å². The number of hydrogen-bond donors (Lipinski definition) is 0. The van der Waals surface area contributed by atoms with E-state index in [1.54, 1.807) is 30.3 Å². The van der Waals surface area contributed by atoms with Crippen LogP contribution in [0, 0.1) is 11.8 Å². The average Bonchev–Trinajstić information content (AvgIpc) is 3.01. The van der Waals surface area contributed by atoms with E-state index in [4.69, 9.17) is 0 Å². The minimum atomic E-state index is -5.83. The van der Waals surface area contributed by atoms with Crippen molar-refractivity contribution in [2.75, 3.05) is 7.05 Å². The lowest BCUT2D eigenvalue weighted by molar-refractivity contribution is -0.288. The van der Waals surface area contributed by atoms with Crippen LogP contribution in [0.4, 0.5) is 26.3 Å². The third kappa shape index (κ3) is 3.85. The molecule has 0 atom stereocenters. The number of hydrogen-bond acceptors (Lipinski definition) is 2. The Balaban J connectivity index is 1.88. The summed E-state index contributed by atoms with van der Waals surface area (Å²) in [5.74, 6) is 3.71. The number of carbonyl (C=O) groups is 2. The maximum atomic E-state index is 14.4. The number of halogens is 6. The lowest BCUT2D eigenvalue weighted by Crippen LogP contribution is -2.54. The van der Waals surface area contributed by atoms with Crippen LogP contribution in [0.3, 0.4) is 0 Å². The highest BCUT2D eigenvalue weighted by atomic mass is 19.4. The molecular weight excluding hydrogens is 472 g/mol. The Kier molecular flexibility index (Phi) is 5.71. The lowest BCUT2D eigenvalue weighted by Gasteiger charge is -2.38. The molecule has 0 bridgehead atoms. The molecule has 0 radical (unpaired) electrons. The molecule has 4 rings (SSSR count). The van der Waals surface area contributed by atoms with E-state index in [0.29, 0.717) is 22.6 Å². The van der Waals surface area contributed by atoms with Gasteiger partial charge in [0.2, 0.25) is 5.41 Å². The van der Waals surface area contributed by atoms with E-state index in [0.717, 1.165) is 37.4 Å². The molecule has 1 heterocycles. The van der Waals surface area contributed by atoms with Gasteiger partial charge in [-0.3, -0.25) is 14.5 Å². The summed E-state index contributed by atoms with van der Waals surface area (Å²) in [7, 11) is 1.10. The second kappa shape index (κ2) is 8.31. The first kappa shape index (κ1) is 24.1. The summed E-state index contributed by atoms with van der Waals surface area (Å²) in [4.78, 5) is 25.0. The third-order valence-corrected chi connectivity index (χ3v) is 5.82. The highest BCUT2D eigenvalue weighted by Crippen LogP contribution is 2.56. The third-order valence-electron chi connectivity index (χ3n) is 5.82. The van der Waals surface area contributed by atoms with E-state index in [-0.39, 0.29) is 11.1 Å². The van der Waals surface area contributed by atoms with Crippen molar-refractivity contribution in [3.63, 3.8) is 0 Å². The molecule has 3 aromatic carbocycles. The number of imide groups is 1. The van der Waals surface area contributed by atoms with Gasteiger partial charge in [0, 0.05) is 18.2 Å². The van der Waals surface area contributed by atoms with E-state index >= 15 is 0 Å². The molecule has 0 saturated heterocycles. The molecule has 1 aliphatic heterocycles. The number of alkyl halides is 6. The zero-order chi connectivity index (χ0) is 25.6. The second-order valence-electron chi connectivity index (χ2n) is 7.87. The Labute approximate surface area is 196 Å². The molecule has 9 heteroatoms. The largest absolute Gasteiger partial charge is 0.411 e. The smallest absolute Gasteiger partial charge is 0.277 e. The van der Waals surface area contributed by atoms with E-state index in [1.807, 2.05) is 0 Å². The topological polar surface area (TPSA) is 37.4 Å². The van der Waals surface area contributed by atoms with Crippen LogP contribution >= 0.6 is 0 Å². The molecule has 3 aromatic rings. The number of fused-ring (bicyclic) bond motifs is 1. The van der Waals surface area contributed by atoms with Crippen molar-refractivity contribution >= 4 is 11.8 Å². The molecule has 178 valence electrons. The lowest BCUT2D eigenvalue weighted by atomic mass is 9.72. The highest BCUT2D eigenvalue weighted by molar-refractivity contribution is 6.21. The fourth-order valence-electron chi connectivity index (χ4n) is 4.05. The second-order valence-corrected chi connectivity index (χ2v) is 7.87. The van der Waals surface area contributed by atoms with E-state index in [9.17, 15) is 35.9 Å². The molecule has 3 nitrogen and oxygen atoms in total. The van der Waals surface area contributed by atoms with Crippen molar-refractivity contribution in [3.05, 3.63) is 106 Å². The maximum Gasteiger partial charge on any atom is 0.411 e. The quantitative estimate of drug-likeness (QED) is 0.263. The van der Waals surface area contributed by atoms with E-state index in [2.05, 4.69) is 11.8 Å². The summed E-state index contributed by atoms with van der Waals surface area (Å²) in [6.07, 6.45) is -11.7. The van der Waals surface area contributed by atoms with Gasteiger partial charge in [-0.1, -0.05) is 48.2 Å². The maximum absolute atomic E-state index is 14.4. The van der Waals surface area contributed by atoms with Crippen LogP contribution in [0.25, 0.3) is 0 Å². The Bertz CT molecular complexity index is 1350. The van der Waals surface area contributed by atoms with Crippen molar-refractivity contribution in [2.45, 2.75) is 17.8 Å². The van der Waals surface area contributed by atoms with Crippen LogP contribution in [0.5, 0.6) is 0 Å². The number of amides is 2. The molecule has 1 aliphatic rings. The first-order valence-electron chi connectivity index (χ1n) is 10.2. The molecule has 0 fully saturated rings. The fraction of sp³-hybridized carbons (Fsp3) is 0.154. The number of nitrogens with zero attached hydrogens (tertiary/aromatic N) is 1. The van der Waals surface area contributed by atoms with Gasteiger partial charge in [0.15, 0.2) is 0 Å². The standard InChI is InChI=1S/C26H15F6NO2/c1-33-22(34)20-14-13-19(15-21(20)23(33)35)24(25(27,28)29,26(30,31)32)18-11-9-17(10-12-18)8-7-16-5-3-2-4-6-16/h2-6,9-15H,1H3. The Hall–Kier alpha value is -4.06. The number of carbonyl (C=O) groups excluding carboxylic acids is 2. The van der Waals surface area contributed by atoms with Gasteiger partial charge in [-0.25, -0.2) is 0 Å². The molecule has 0 aliphatic carbocycles. The minimum absolute atomic E-state index is 0.215. The van der Waals surface area contributed by atoms with Crippen LogP contribution in [0.1, 0.15) is 43.0 Å². The molecule has 0 saturated carbocycles. The van der Waals surface area contributed by atoms with Crippen molar-refractivity contribution in [3.8, 4) is 11.8 Å². The Morgan fingerprint density at radius 1 is 0.629 bits per heavy atom. The van der Waals surface area contributed by atoms with Crippen LogP contribution in [0.2, 0.25) is 0 Å². The van der Waals surface area contributed by atoms with E-state index in [1.165, 1.54) is 0 Å². The molecule has 0 aromatic heterocycles. The average molecular weight is 487 g/mol. The predicted octanol–water partition coefficient (Wildman–Crippen LogP) is 5.72. The van der Waals surface area contributed by atoms with Crippen molar-refractivity contribution in [1.82, 2.24) is 4.90 Å². The van der Waals surface area contributed by atoms with Gasteiger partial charge in [-0.15, -0.1) is 0 Å². The summed E-state index contributed by atoms with van der Waals surface area (Å²) in [5, 5.41) is 0. The summed E-state index contributed by atoms with van der Waals surface area (Å²) in [5.41, 5.74) is -6.68. The van der Waals surface area contributed by atoms with Crippen LogP contribution < -0.4 is 0 Å². The molecule has 2 amide bonds. The van der Waals surface area contributed by atoms with Gasteiger partial charge in [0.1, 0.15) is 0 Å². The van der Waals surface area contributed by atoms with Gasteiger partial charge >= 0.3 is 12.4 Å². The van der Waals surface area contributed by atoms with Crippen molar-refractivity contribution < 1.29 is 35.9 Å². The van der Waals surface area contributed by atoms with Crippen LogP contribution in [-0.2, 0) is 5.41 Å². The summed E-state index contributed by atoms with van der Waals surface area (Å²) in [6.45, 7) is 0. The number of benzene rings is 3. The molecule has 0 N–H and O–H groups in total. The SMILES string of the molecule is CN1C(=O)c2ccc(C(c3ccc(C#Cc4ccccc4)cc3)(C(F)(F)F)C(F)(F)F)cc2C1=O. The predicted molar refractivity (Wildman–Crippen MR) is 115 cm³/mol. The van der Waals surface area contributed by atoms with Crippen molar-refractivity contribution in [2.24, 2.45) is 0 Å². The summed E-state index contributed by atoms with van der Waals surface area (Å²) < 4.78 is 86.4. The summed E-state index contributed by atoms with van der Waals surface area (Å²) in [6, 6.07) is 14.2. The fourth-order valence-corrected chi connectivity index (χ4v) is 4.05. The Morgan fingerprint density at radius 2 is 1.11 bits per heavy atom. The minimum Gasteiger partial charge on any atom is -0.277 e. The van der Waals surface area contributed by atoms with Crippen LogP contribution in [0.15, 0.2) is 72.8 Å². The van der Waals surface area contributed by atoms with Gasteiger partial charge < -0.3 is 0 Å². The molecule has 0 spiro atoms. The first-order chi connectivity index (χ1) is 16.4. The molecular formula is C26H15F6NO2. The van der Waals surface area contributed by atoms with Crippen LogP contribution in [-0.4, -0.2) is 36.1 Å². The summed E-state index contributed by atoms with van der Waals surface area (Å²) >= 11 is 0. The Morgan fingerprint density at radius 3 is 1.66 bits per heavy atom. The van der Waals surface area contributed by atoms with Crippen molar-refractivity contribution in [1.29, 1.82) is 0 Å². The van der Waals surface area contributed by atoms with Gasteiger partial charge in [0.05, 0.1) is 11.1 Å². The van der Waals surface area contributed by atoms with E-state index < -0.39 is 46.3 Å². The normalized spacial score (nSPS) is 14.0.